The predicted molar refractivity (Wildman–Crippen MR) is 83.4 cm³/mol. The summed E-state index contributed by atoms with van der Waals surface area (Å²) in [5, 5.41) is 0. The third-order valence-electron chi connectivity index (χ3n) is 5.10. The summed E-state index contributed by atoms with van der Waals surface area (Å²) >= 11 is 0. The quantitative estimate of drug-likeness (QED) is 0.856. The van der Waals surface area contributed by atoms with Crippen LogP contribution in [0.2, 0.25) is 0 Å². The molecule has 1 amide bonds. The van der Waals surface area contributed by atoms with E-state index in [-0.39, 0.29) is 12.0 Å². The first kappa shape index (κ1) is 13.7. The van der Waals surface area contributed by atoms with Gasteiger partial charge in [-0.05, 0) is 45.1 Å². The summed E-state index contributed by atoms with van der Waals surface area (Å²) < 4.78 is 2.05. The molecule has 2 fully saturated rings. The van der Waals surface area contributed by atoms with Gasteiger partial charge in [0, 0.05) is 18.2 Å². The van der Waals surface area contributed by atoms with Crippen molar-refractivity contribution in [2.75, 3.05) is 6.54 Å². The van der Waals surface area contributed by atoms with Crippen molar-refractivity contribution < 1.29 is 4.79 Å². The average molecular weight is 298 g/mol. The SMILES string of the molecule is Cc1cc2cncn2c(C2CCCCN2C(=O)C2CCC2)n1. The molecule has 1 aliphatic carbocycles. The van der Waals surface area contributed by atoms with Gasteiger partial charge in [-0.1, -0.05) is 6.42 Å². The largest absolute Gasteiger partial charge is 0.332 e. The van der Waals surface area contributed by atoms with Crippen LogP contribution in [0.15, 0.2) is 18.6 Å². The van der Waals surface area contributed by atoms with Crippen LogP contribution in [-0.4, -0.2) is 31.7 Å². The second-order valence-corrected chi connectivity index (χ2v) is 6.62. The van der Waals surface area contributed by atoms with E-state index < -0.39 is 0 Å². The van der Waals surface area contributed by atoms with Gasteiger partial charge in [-0.3, -0.25) is 9.20 Å². The number of nitrogens with zero attached hydrogens (tertiary/aromatic N) is 4. The van der Waals surface area contributed by atoms with E-state index in [0.29, 0.717) is 5.91 Å². The van der Waals surface area contributed by atoms with E-state index in [1.807, 2.05) is 29.9 Å². The van der Waals surface area contributed by atoms with Crippen LogP contribution in [0.5, 0.6) is 0 Å². The van der Waals surface area contributed by atoms with E-state index >= 15 is 0 Å². The van der Waals surface area contributed by atoms with Crippen molar-refractivity contribution in [2.45, 2.75) is 51.5 Å². The monoisotopic (exact) mass is 298 g/mol. The maximum Gasteiger partial charge on any atom is 0.226 e. The van der Waals surface area contributed by atoms with E-state index in [1.165, 1.54) is 6.42 Å². The smallest absolute Gasteiger partial charge is 0.226 e. The Balaban J connectivity index is 1.73. The molecule has 0 bridgehead atoms. The minimum absolute atomic E-state index is 0.0958. The number of aromatic nitrogens is 3. The van der Waals surface area contributed by atoms with Crippen LogP contribution >= 0.6 is 0 Å². The summed E-state index contributed by atoms with van der Waals surface area (Å²) in [5.41, 5.74) is 2.05. The van der Waals surface area contributed by atoms with Gasteiger partial charge in [0.15, 0.2) is 0 Å². The number of piperidine rings is 1. The van der Waals surface area contributed by atoms with Gasteiger partial charge in [0.2, 0.25) is 5.91 Å². The molecule has 0 spiro atoms. The highest BCUT2D eigenvalue weighted by atomic mass is 16.2. The number of imidazole rings is 1. The Bertz CT molecular complexity index is 704. The fourth-order valence-electron chi connectivity index (χ4n) is 3.67. The number of carbonyl (C=O) groups excluding carboxylic acids is 1. The summed E-state index contributed by atoms with van der Waals surface area (Å²) in [5.74, 6) is 1.57. The number of rotatable bonds is 2. The molecule has 1 aliphatic heterocycles. The maximum atomic E-state index is 12.8. The molecule has 5 nitrogen and oxygen atoms in total. The number of aryl methyl sites for hydroxylation is 1. The third-order valence-corrected chi connectivity index (χ3v) is 5.10. The number of amides is 1. The number of carbonyl (C=O) groups is 1. The van der Waals surface area contributed by atoms with Gasteiger partial charge in [0.1, 0.15) is 12.2 Å². The van der Waals surface area contributed by atoms with Crippen molar-refractivity contribution >= 4 is 11.4 Å². The number of hydrogen-bond donors (Lipinski definition) is 0. The van der Waals surface area contributed by atoms with Crippen LogP contribution < -0.4 is 0 Å². The Kier molecular flexibility index (Phi) is 3.36. The summed E-state index contributed by atoms with van der Waals surface area (Å²) in [6, 6.07) is 2.13. The second-order valence-electron chi connectivity index (χ2n) is 6.62. The van der Waals surface area contributed by atoms with Crippen molar-refractivity contribution in [1.82, 2.24) is 19.3 Å². The first-order valence-electron chi connectivity index (χ1n) is 8.34. The van der Waals surface area contributed by atoms with Gasteiger partial charge in [-0.2, -0.15) is 0 Å². The van der Waals surface area contributed by atoms with Gasteiger partial charge in [0.05, 0.1) is 17.8 Å². The Morgan fingerprint density at radius 1 is 1.23 bits per heavy atom. The lowest BCUT2D eigenvalue weighted by molar-refractivity contribution is -0.142. The predicted octanol–water partition coefficient (Wildman–Crippen LogP) is 2.89. The average Bonchev–Trinajstić information content (AvgIpc) is 2.92. The molecule has 22 heavy (non-hydrogen) atoms. The second kappa shape index (κ2) is 5.38. The molecule has 0 radical (unpaired) electrons. The molecule has 2 aromatic rings. The Morgan fingerprint density at radius 3 is 2.86 bits per heavy atom. The van der Waals surface area contributed by atoms with Crippen LogP contribution in [0.25, 0.3) is 5.52 Å². The standard InChI is InChI=1S/C17H22N4O/c1-12-9-14-10-18-11-21(14)16(19-12)15-7-2-3-8-20(15)17(22)13-5-4-6-13/h9-11,13,15H,2-8H2,1H3. The van der Waals surface area contributed by atoms with Gasteiger partial charge < -0.3 is 4.90 Å². The van der Waals surface area contributed by atoms with E-state index in [2.05, 4.69) is 9.88 Å². The van der Waals surface area contributed by atoms with Crippen LogP contribution in [0.3, 0.4) is 0 Å². The topological polar surface area (TPSA) is 50.5 Å². The van der Waals surface area contributed by atoms with E-state index in [9.17, 15) is 4.79 Å². The summed E-state index contributed by atoms with van der Waals surface area (Å²) in [6.45, 7) is 2.88. The first-order chi connectivity index (χ1) is 10.7. The fraction of sp³-hybridized carbons (Fsp3) is 0.588. The normalized spacial score (nSPS) is 22.8. The first-order valence-corrected chi connectivity index (χ1v) is 8.34. The summed E-state index contributed by atoms with van der Waals surface area (Å²) in [6.07, 6.45) is 10.3. The molecule has 0 aromatic carbocycles. The lowest BCUT2D eigenvalue weighted by Crippen LogP contribution is -2.44. The minimum Gasteiger partial charge on any atom is -0.332 e. The lowest BCUT2D eigenvalue weighted by atomic mass is 9.83. The Hall–Kier alpha value is -1.91. The zero-order chi connectivity index (χ0) is 15.1. The maximum absolute atomic E-state index is 12.8. The van der Waals surface area contributed by atoms with Gasteiger partial charge >= 0.3 is 0 Å². The number of fused-ring (bicyclic) bond motifs is 1. The summed E-state index contributed by atoms with van der Waals surface area (Å²) in [4.78, 5) is 23.9. The zero-order valence-corrected chi connectivity index (χ0v) is 13.0. The number of hydrogen-bond acceptors (Lipinski definition) is 3. The zero-order valence-electron chi connectivity index (χ0n) is 13.0. The van der Waals surface area contributed by atoms with Crippen molar-refractivity contribution in [3.05, 3.63) is 30.1 Å². The van der Waals surface area contributed by atoms with E-state index in [4.69, 9.17) is 4.98 Å². The van der Waals surface area contributed by atoms with Crippen molar-refractivity contribution in [2.24, 2.45) is 5.92 Å². The molecule has 1 unspecified atom stereocenters. The molecular weight excluding hydrogens is 276 g/mol. The van der Waals surface area contributed by atoms with Crippen molar-refractivity contribution in [3.8, 4) is 0 Å². The fourth-order valence-corrected chi connectivity index (χ4v) is 3.67. The lowest BCUT2D eigenvalue weighted by Gasteiger charge is -2.39. The third kappa shape index (κ3) is 2.19. The molecule has 2 aromatic heterocycles. The van der Waals surface area contributed by atoms with Crippen molar-refractivity contribution in [3.63, 3.8) is 0 Å². The van der Waals surface area contributed by atoms with Gasteiger partial charge in [-0.15, -0.1) is 0 Å². The van der Waals surface area contributed by atoms with Gasteiger partial charge in [0.25, 0.3) is 0 Å². The van der Waals surface area contributed by atoms with E-state index in [0.717, 1.165) is 55.7 Å². The molecule has 0 N–H and O–H groups in total. The van der Waals surface area contributed by atoms with Crippen LogP contribution in [-0.2, 0) is 4.79 Å². The van der Waals surface area contributed by atoms with Crippen LogP contribution in [0.4, 0.5) is 0 Å². The Morgan fingerprint density at radius 2 is 2.09 bits per heavy atom. The summed E-state index contributed by atoms with van der Waals surface area (Å²) in [7, 11) is 0. The number of likely N-dealkylation sites (tertiary alicyclic amines) is 1. The Labute approximate surface area is 130 Å². The van der Waals surface area contributed by atoms with E-state index in [1.54, 1.807) is 0 Å². The molecule has 2 aliphatic rings. The highest BCUT2D eigenvalue weighted by Crippen LogP contribution is 2.36. The molecule has 3 heterocycles. The molecule has 4 rings (SSSR count). The molecule has 116 valence electrons. The van der Waals surface area contributed by atoms with Crippen LogP contribution in [0, 0.1) is 12.8 Å². The van der Waals surface area contributed by atoms with Crippen molar-refractivity contribution in [1.29, 1.82) is 0 Å². The van der Waals surface area contributed by atoms with Gasteiger partial charge in [-0.25, -0.2) is 9.97 Å². The molecule has 1 atom stereocenters. The molecule has 1 saturated carbocycles. The molecule has 1 saturated heterocycles. The highest BCUT2D eigenvalue weighted by Gasteiger charge is 2.36. The van der Waals surface area contributed by atoms with Crippen LogP contribution in [0.1, 0.15) is 56.1 Å². The minimum atomic E-state index is 0.0958. The molecule has 5 heteroatoms. The highest BCUT2D eigenvalue weighted by molar-refractivity contribution is 5.80. The molecular formula is C17H22N4O.